The van der Waals surface area contributed by atoms with Crippen molar-refractivity contribution in [2.45, 2.75) is 45.8 Å². The highest BCUT2D eigenvalue weighted by atomic mass is 79.9. The topological polar surface area (TPSA) is 38.0 Å². The van der Waals surface area contributed by atoms with Crippen LogP contribution in [0.5, 0.6) is 0 Å². The van der Waals surface area contributed by atoms with Gasteiger partial charge in [0.15, 0.2) is 0 Å². The Balaban J connectivity index is 2.04. The smallest absolute Gasteiger partial charge is 0.0635 e. The molecule has 4 heteroatoms. The van der Waals surface area contributed by atoms with Gasteiger partial charge in [-0.05, 0) is 43.5 Å². The van der Waals surface area contributed by atoms with E-state index in [2.05, 4.69) is 47.0 Å². The standard InChI is InChI=1S/C16H21BrN2O/c1-3-14-10-15(19(4-2)18-14)11-16(20)9-12-6-5-7-13(17)8-12/h5-8,10,16,20H,3-4,9,11H2,1-2H3. The van der Waals surface area contributed by atoms with E-state index in [-0.39, 0.29) is 6.10 Å². The molecule has 1 N–H and O–H groups in total. The summed E-state index contributed by atoms with van der Waals surface area (Å²) in [7, 11) is 0. The molecule has 2 rings (SSSR count). The summed E-state index contributed by atoms with van der Waals surface area (Å²) < 4.78 is 3.04. The molecule has 0 fully saturated rings. The van der Waals surface area contributed by atoms with Crippen LogP contribution in [0.3, 0.4) is 0 Å². The maximum absolute atomic E-state index is 10.3. The molecular formula is C16H21BrN2O. The van der Waals surface area contributed by atoms with Crippen molar-refractivity contribution in [2.24, 2.45) is 0 Å². The summed E-state index contributed by atoms with van der Waals surface area (Å²) in [5.74, 6) is 0. The van der Waals surface area contributed by atoms with Gasteiger partial charge in [0.2, 0.25) is 0 Å². The lowest BCUT2D eigenvalue weighted by Crippen LogP contribution is -2.16. The largest absolute Gasteiger partial charge is 0.392 e. The molecule has 2 aromatic rings. The van der Waals surface area contributed by atoms with Gasteiger partial charge in [-0.15, -0.1) is 0 Å². The third-order valence-corrected chi connectivity index (χ3v) is 3.87. The monoisotopic (exact) mass is 336 g/mol. The van der Waals surface area contributed by atoms with Crippen molar-refractivity contribution >= 4 is 15.9 Å². The molecule has 0 saturated carbocycles. The van der Waals surface area contributed by atoms with Crippen LogP contribution in [0.4, 0.5) is 0 Å². The van der Waals surface area contributed by atoms with Crippen LogP contribution in [0.1, 0.15) is 30.8 Å². The number of benzene rings is 1. The Morgan fingerprint density at radius 2 is 2.05 bits per heavy atom. The molecule has 1 atom stereocenters. The van der Waals surface area contributed by atoms with Crippen LogP contribution >= 0.6 is 15.9 Å². The zero-order chi connectivity index (χ0) is 14.5. The quantitative estimate of drug-likeness (QED) is 0.878. The normalized spacial score (nSPS) is 12.6. The zero-order valence-electron chi connectivity index (χ0n) is 12.0. The van der Waals surface area contributed by atoms with Gasteiger partial charge in [-0.1, -0.05) is 35.0 Å². The highest BCUT2D eigenvalue weighted by molar-refractivity contribution is 9.10. The highest BCUT2D eigenvalue weighted by Crippen LogP contribution is 2.15. The average Bonchev–Trinajstić information content (AvgIpc) is 2.80. The Bertz CT molecular complexity index is 565. The van der Waals surface area contributed by atoms with E-state index in [9.17, 15) is 5.11 Å². The number of hydrogen-bond acceptors (Lipinski definition) is 2. The lowest BCUT2D eigenvalue weighted by molar-refractivity contribution is 0.172. The van der Waals surface area contributed by atoms with Gasteiger partial charge in [-0.2, -0.15) is 5.10 Å². The van der Waals surface area contributed by atoms with Crippen molar-refractivity contribution in [1.82, 2.24) is 9.78 Å². The molecule has 0 aliphatic carbocycles. The molecule has 0 aliphatic heterocycles. The first-order valence-corrected chi connectivity index (χ1v) is 7.89. The van der Waals surface area contributed by atoms with Crippen molar-refractivity contribution in [3.8, 4) is 0 Å². The predicted octanol–water partition coefficient (Wildman–Crippen LogP) is 3.37. The second-order valence-electron chi connectivity index (χ2n) is 4.99. The molecule has 1 unspecified atom stereocenters. The Kier molecular flexibility index (Phi) is 5.38. The molecule has 1 heterocycles. The van der Waals surface area contributed by atoms with Crippen LogP contribution < -0.4 is 0 Å². The number of halogens is 1. The second kappa shape index (κ2) is 7.04. The number of aliphatic hydroxyl groups excluding tert-OH is 1. The van der Waals surface area contributed by atoms with E-state index in [4.69, 9.17) is 0 Å². The molecule has 0 bridgehead atoms. The second-order valence-corrected chi connectivity index (χ2v) is 5.90. The van der Waals surface area contributed by atoms with Crippen molar-refractivity contribution in [3.05, 3.63) is 51.8 Å². The number of aliphatic hydroxyl groups is 1. The summed E-state index contributed by atoms with van der Waals surface area (Å²) in [6.07, 6.45) is 1.86. The van der Waals surface area contributed by atoms with Gasteiger partial charge in [0.1, 0.15) is 0 Å². The molecule has 3 nitrogen and oxygen atoms in total. The summed E-state index contributed by atoms with van der Waals surface area (Å²) in [6.45, 7) is 5.03. The maximum Gasteiger partial charge on any atom is 0.0635 e. The zero-order valence-corrected chi connectivity index (χ0v) is 13.6. The van der Waals surface area contributed by atoms with Crippen LogP contribution in [-0.2, 0) is 25.8 Å². The number of rotatable bonds is 6. The first kappa shape index (κ1) is 15.3. The van der Waals surface area contributed by atoms with Gasteiger partial charge in [-0.3, -0.25) is 4.68 Å². The van der Waals surface area contributed by atoms with E-state index >= 15 is 0 Å². The lowest BCUT2D eigenvalue weighted by Gasteiger charge is -2.12. The molecule has 0 aliphatic rings. The van der Waals surface area contributed by atoms with Crippen molar-refractivity contribution in [2.75, 3.05) is 0 Å². The van der Waals surface area contributed by atoms with Crippen LogP contribution in [0.15, 0.2) is 34.8 Å². The first-order valence-electron chi connectivity index (χ1n) is 7.10. The molecule has 1 aromatic carbocycles. The van der Waals surface area contributed by atoms with Crippen LogP contribution in [0.25, 0.3) is 0 Å². The van der Waals surface area contributed by atoms with Crippen molar-refractivity contribution in [1.29, 1.82) is 0 Å². The van der Waals surface area contributed by atoms with E-state index in [1.54, 1.807) is 0 Å². The third kappa shape index (κ3) is 3.93. The highest BCUT2D eigenvalue weighted by Gasteiger charge is 2.12. The summed E-state index contributed by atoms with van der Waals surface area (Å²) in [4.78, 5) is 0. The van der Waals surface area contributed by atoms with E-state index in [1.807, 2.05) is 22.9 Å². The van der Waals surface area contributed by atoms with Gasteiger partial charge < -0.3 is 5.11 Å². The van der Waals surface area contributed by atoms with Crippen molar-refractivity contribution in [3.63, 3.8) is 0 Å². The lowest BCUT2D eigenvalue weighted by atomic mass is 10.0. The number of hydrogen-bond donors (Lipinski definition) is 1. The molecule has 0 saturated heterocycles. The first-order chi connectivity index (χ1) is 9.62. The minimum absolute atomic E-state index is 0.379. The van der Waals surface area contributed by atoms with E-state index < -0.39 is 0 Å². The molecule has 1 aromatic heterocycles. The van der Waals surface area contributed by atoms with Gasteiger partial charge in [0.05, 0.1) is 11.8 Å². The van der Waals surface area contributed by atoms with Gasteiger partial charge in [-0.25, -0.2) is 0 Å². The predicted molar refractivity (Wildman–Crippen MR) is 84.8 cm³/mol. The number of aryl methyl sites for hydroxylation is 2. The Hall–Kier alpha value is -1.13. The molecule has 0 amide bonds. The Morgan fingerprint density at radius 1 is 1.25 bits per heavy atom. The van der Waals surface area contributed by atoms with Crippen molar-refractivity contribution < 1.29 is 5.11 Å². The van der Waals surface area contributed by atoms with Crippen LogP contribution in [0, 0.1) is 0 Å². The molecule has 0 radical (unpaired) electrons. The Labute approximate surface area is 128 Å². The summed E-state index contributed by atoms with van der Waals surface area (Å²) in [5, 5.41) is 14.8. The number of nitrogens with zero attached hydrogens (tertiary/aromatic N) is 2. The van der Waals surface area contributed by atoms with Crippen LogP contribution in [-0.4, -0.2) is 21.0 Å². The fourth-order valence-corrected chi connectivity index (χ4v) is 2.82. The minimum Gasteiger partial charge on any atom is -0.392 e. The van der Waals surface area contributed by atoms with E-state index in [0.29, 0.717) is 12.8 Å². The van der Waals surface area contributed by atoms with Gasteiger partial charge in [0, 0.05) is 23.1 Å². The van der Waals surface area contributed by atoms with E-state index in [1.165, 1.54) is 0 Å². The fourth-order valence-electron chi connectivity index (χ4n) is 2.38. The SMILES string of the molecule is CCc1cc(CC(O)Cc2cccc(Br)c2)n(CC)n1. The Morgan fingerprint density at radius 3 is 2.70 bits per heavy atom. The molecule has 20 heavy (non-hydrogen) atoms. The molecular weight excluding hydrogens is 316 g/mol. The molecule has 108 valence electrons. The summed E-state index contributed by atoms with van der Waals surface area (Å²) in [6, 6.07) is 10.2. The average molecular weight is 337 g/mol. The fraction of sp³-hybridized carbons (Fsp3) is 0.438. The number of aromatic nitrogens is 2. The van der Waals surface area contributed by atoms with Gasteiger partial charge >= 0.3 is 0 Å². The van der Waals surface area contributed by atoms with Gasteiger partial charge in [0.25, 0.3) is 0 Å². The summed E-state index contributed by atoms with van der Waals surface area (Å²) in [5.41, 5.74) is 3.36. The minimum atomic E-state index is -0.379. The maximum atomic E-state index is 10.3. The van der Waals surface area contributed by atoms with E-state index in [0.717, 1.165) is 34.4 Å². The molecule has 0 spiro atoms. The third-order valence-electron chi connectivity index (χ3n) is 3.38. The summed E-state index contributed by atoms with van der Waals surface area (Å²) >= 11 is 3.46. The van der Waals surface area contributed by atoms with Crippen LogP contribution in [0.2, 0.25) is 0 Å².